The molecule has 2 fully saturated rings. The zero-order valence-corrected chi connectivity index (χ0v) is 12.1. The van der Waals surface area contributed by atoms with E-state index in [1.165, 1.54) is 5.56 Å². The van der Waals surface area contributed by atoms with Gasteiger partial charge in [-0.2, -0.15) is 4.98 Å². The number of aliphatic hydroxyl groups is 2. The Labute approximate surface area is 124 Å². The van der Waals surface area contributed by atoms with Gasteiger partial charge < -0.3 is 20.8 Å². The minimum atomic E-state index is -0.351. The van der Waals surface area contributed by atoms with Crippen molar-refractivity contribution in [1.82, 2.24) is 9.97 Å². The van der Waals surface area contributed by atoms with Crippen LogP contribution in [0.5, 0.6) is 0 Å². The highest BCUT2D eigenvalue weighted by Gasteiger charge is 2.54. The van der Waals surface area contributed by atoms with Crippen molar-refractivity contribution in [1.29, 1.82) is 0 Å². The molecule has 114 valence electrons. The maximum atomic E-state index is 10.0. The lowest BCUT2D eigenvalue weighted by atomic mass is 9.58. The number of aliphatic hydroxyl groups excluding tert-OH is 2. The Kier molecular flexibility index (Phi) is 2.87. The van der Waals surface area contributed by atoms with E-state index in [-0.39, 0.29) is 17.6 Å². The molecule has 4 rings (SSSR count). The fourth-order valence-corrected chi connectivity index (χ4v) is 4.24. The molecule has 6 heteroatoms. The molecule has 1 saturated heterocycles. The first-order valence-electron chi connectivity index (χ1n) is 7.86. The van der Waals surface area contributed by atoms with Gasteiger partial charge in [0.05, 0.1) is 17.9 Å². The summed E-state index contributed by atoms with van der Waals surface area (Å²) in [5, 5.41) is 20.1. The zero-order valence-electron chi connectivity index (χ0n) is 12.1. The number of rotatable bonds is 1. The third-order valence-corrected chi connectivity index (χ3v) is 5.70. The van der Waals surface area contributed by atoms with Crippen LogP contribution in [0.15, 0.2) is 0 Å². The molecule has 1 aromatic rings. The molecular formula is C15H22N4O2. The average Bonchev–Trinajstić information content (AvgIpc) is 2.95. The molecule has 1 spiro atoms. The minimum Gasteiger partial charge on any atom is -0.392 e. The maximum Gasteiger partial charge on any atom is 0.222 e. The van der Waals surface area contributed by atoms with E-state index < -0.39 is 0 Å². The smallest absolute Gasteiger partial charge is 0.222 e. The van der Waals surface area contributed by atoms with E-state index >= 15 is 0 Å². The molecular weight excluding hydrogens is 268 g/mol. The van der Waals surface area contributed by atoms with Gasteiger partial charge in [0.15, 0.2) is 0 Å². The van der Waals surface area contributed by atoms with Crippen molar-refractivity contribution in [3.8, 4) is 0 Å². The van der Waals surface area contributed by atoms with Crippen LogP contribution in [0.2, 0.25) is 0 Å². The van der Waals surface area contributed by atoms with Gasteiger partial charge in [0.1, 0.15) is 5.82 Å². The van der Waals surface area contributed by atoms with Crippen LogP contribution in [-0.2, 0) is 12.8 Å². The summed E-state index contributed by atoms with van der Waals surface area (Å²) in [6, 6.07) is 0. The van der Waals surface area contributed by atoms with Crippen molar-refractivity contribution < 1.29 is 10.2 Å². The van der Waals surface area contributed by atoms with Crippen molar-refractivity contribution in [3.05, 3.63) is 11.3 Å². The number of hydrogen-bond acceptors (Lipinski definition) is 6. The number of piperidine rings is 1. The molecule has 0 bridgehead atoms. The van der Waals surface area contributed by atoms with Crippen molar-refractivity contribution in [2.45, 2.75) is 50.7 Å². The van der Waals surface area contributed by atoms with Crippen molar-refractivity contribution >= 4 is 11.8 Å². The van der Waals surface area contributed by atoms with Crippen LogP contribution in [0.3, 0.4) is 0 Å². The highest BCUT2D eigenvalue weighted by atomic mass is 16.3. The van der Waals surface area contributed by atoms with Crippen LogP contribution in [-0.4, -0.2) is 45.5 Å². The molecule has 2 atom stereocenters. The molecule has 0 unspecified atom stereocenters. The molecule has 0 amide bonds. The number of fused-ring (bicyclic) bond motifs is 1. The monoisotopic (exact) mass is 290 g/mol. The second kappa shape index (κ2) is 4.55. The Morgan fingerprint density at radius 3 is 2.48 bits per heavy atom. The van der Waals surface area contributed by atoms with E-state index in [4.69, 9.17) is 5.73 Å². The Bertz CT molecular complexity index is 559. The van der Waals surface area contributed by atoms with E-state index in [0.29, 0.717) is 12.4 Å². The van der Waals surface area contributed by atoms with E-state index in [2.05, 4.69) is 14.9 Å². The molecule has 1 aromatic heterocycles. The van der Waals surface area contributed by atoms with Gasteiger partial charge in [0.25, 0.3) is 0 Å². The lowest BCUT2D eigenvalue weighted by Crippen LogP contribution is -2.61. The third kappa shape index (κ3) is 1.85. The molecule has 2 heterocycles. The molecule has 0 radical (unpaired) electrons. The summed E-state index contributed by atoms with van der Waals surface area (Å²) in [6.45, 7) is 1.63. The highest BCUT2D eigenvalue weighted by Crippen LogP contribution is 2.50. The van der Waals surface area contributed by atoms with Crippen molar-refractivity contribution in [3.63, 3.8) is 0 Å². The Morgan fingerprint density at radius 1 is 1.10 bits per heavy atom. The molecule has 2 aliphatic carbocycles. The third-order valence-electron chi connectivity index (χ3n) is 5.70. The van der Waals surface area contributed by atoms with Gasteiger partial charge in [-0.3, -0.25) is 0 Å². The van der Waals surface area contributed by atoms with Crippen LogP contribution >= 0.6 is 0 Å². The van der Waals surface area contributed by atoms with Gasteiger partial charge in [0, 0.05) is 30.5 Å². The lowest BCUT2D eigenvalue weighted by molar-refractivity contribution is -0.177. The SMILES string of the molecule is Nc1nc2c(c(N3CCC4(CC3)[C@H](O)C[C@@H]4O)n1)CCC2. The quantitative estimate of drug-likeness (QED) is 0.686. The van der Waals surface area contributed by atoms with Crippen LogP contribution in [0, 0.1) is 5.41 Å². The topological polar surface area (TPSA) is 95.5 Å². The molecule has 3 aliphatic rings. The fourth-order valence-electron chi connectivity index (χ4n) is 4.24. The zero-order chi connectivity index (χ0) is 14.6. The molecule has 0 aromatic carbocycles. The summed E-state index contributed by atoms with van der Waals surface area (Å²) in [5.74, 6) is 1.34. The number of nitrogen functional groups attached to an aromatic ring is 1. The first-order valence-corrected chi connectivity index (χ1v) is 7.86. The molecule has 21 heavy (non-hydrogen) atoms. The first-order chi connectivity index (χ1) is 10.1. The normalized spacial score (nSPS) is 30.3. The number of hydrogen-bond donors (Lipinski definition) is 3. The second-order valence-corrected chi connectivity index (χ2v) is 6.67. The van der Waals surface area contributed by atoms with Gasteiger partial charge in [-0.1, -0.05) is 0 Å². The van der Waals surface area contributed by atoms with Gasteiger partial charge in [-0.05, 0) is 32.1 Å². The van der Waals surface area contributed by atoms with Crippen LogP contribution < -0.4 is 10.6 Å². The van der Waals surface area contributed by atoms with Crippen LogP contribution in [0.25, 0.3) is 0 Å². The Morgan fingerprint density at radius 2 is 1.81 bits per heavy atom. The average molecular weight is 290 g/mol. The summed E-state index contributed by atoms with van der Waals surface area (Å²) in [5.41, 5.74) is 7.91. The number of aryl methyl sites for hydroxylation is 1. The number of aromatic nitrogens is 2. The number of nitrogens with two attached hydrogens (primary N) is 1. The van der Waals surface area contributed by atoms with E-state index in [9.17, 15) is 10.2 Å². The van der Waals surface area contributed by atoms with Crippen molar-refractivity contribution in [2.24, 2.45) is 5.41 Å². The molecule has 1 aliphatic heterocycles. The Hall–Kier alpha value is -1.40. The van der Waals surface area contributed by atoms with E-state index in [1.807, 2.05) is 0 Å². The van der Waals surface area contributed by atoms with E-state index in [0.717, 1.165) is 56.7 Å². The minimum absolute atomic E-state index is 0.280. The maximum absolute atomic E-state index is 10.0. The predicted octanol–water partition coefficient (Wildman–Crippen LogP) is 0.260. The fraction of sp³-hybridized carbons (Fsp3) is 0.733. The molecule has 4 N–H and O–H groups in total. The van der Waals surface area contributed by atoms with Gasteiger partial charge in [0.2, 0.25) is 5.95 Å². The summed E-state index contributed by atoms with van der Waals surface area (Å²) in [7, 11) is 0. The van der Waals surface area contributed by atoms with Crippen molar-refractivity contribution in [2.75, 3.05) is 23.7 Å². The lowest BCUT2D eigenvalue weighted by Gasteiger charge is -2.55. The standard InChI is InChI=1S/C15H22N4O2/c16-14-17-10-3-1-2-9(10)13(18-14)19-6-4-15(5-7-19)11(20)8-12(15)21/h11-12,20-21H,1-8H2,(H2,16,17,18)/t11-,12+. The number of nitrogens with zero attached hydrogens (tertiary/aromatic N) is 3. The molecule has 1 saturated carbocycles. The highest BCUT2D eigenvalue weighted by molar-refractivity contribution is 5.54. The molecule has 6 nitrogen and oxygen atoms in total. The van der Waals surface area contributed by atoms with Gasteiger partial charge in [-0.25, -0.2) is 4.98 Å². The summed E-state index contributed by atoms with van der Waals surface area (Å²) in [4.78, 5) is 11.1. The van der Waals surface area contributed by atoms with Crippen LogP contribution in [0.1, 0.15) is 36.9 Å². The number of anilines is 2. The summed E-state index contributed by atoms with van der Waals surface area (Å²) < 4.78 is 0. The summed E-state index contributed by atoms with van der Waals surface area (Å²) in [6.07, 6.45) is 4.59. The van der Waals surface area contributed by atoms with Crippen LogP contribution in [0.4, 0.5) is 11.8 Å². The Balaban J connectivity index is 1.57. The van der Waals surface area contributed by atoms with Gasteiger partial charge in [-0.15, -0.1) is 0 Å². The summed E-state index contributed by atoms with van der Waals surface area (Å²) >= 11 is 0. The predicted molar refractivity (Wildman–Crippen MR) is 79.0 cm³/mol. The van der Waals surface area contributed by atoms with E-state index in [1.54, 1.807) is 0 Å². The second-order valence-electron chi connectivity index (χ2n) is 6.67. The van der Waals surface area contributed by atoms with Gasteiger partial charge >= 0.3 is 0 Å². The first kappa shape index (κ1) is 13.3. The largest absolute Gasteiger partial charge is 0.392 e.